The molecule has 2 aromatic rings. The van der Waals surface area contributed by atoms with Crippen LogP contribution in [0, 0.1) is 0 Å². The Morgan fingerprint density at radius 1 is 1.11 bits per heavy atom. The average Bonchev–Trinajstić information content (AvgIpc) is 3.05. The molecule has 9 heteroatoms. The fraction of sp³-hybridized carbons (Fsp3) is 0.667. The molecule has 2 aromatic heterocycles. The lowest BCUT2D eigenvalue weighted by Gasteiger charge is -2.35. The molecule has 0 bridgehead atoms. The van der Waals surface area contributed by atoms with E-state index < -0.39 is 11.2 Å². The number of amides is 1. The minimum Gasteiger partial charge on any atom is -0.339 e. The van der Waals surface area contributed by atoms with Crippen molar-refractivity contribution in [2.45, 2.75) is 46.1 Å². The number of rotatable bonds is 6. The number of H-pyrrole nitrogens is 1. The molecule has 0 atom stereocenters. The van der Waals surface area contributed by atoms with Gasteiger partial charge < -0.3 is 14.4 Å². The monoisotopic (exact) mass is 376 g/mol. The molecule has 0 spiro atoms. The lowest BCUT2D eigenvalue weighted by atomic mass is 10.2. The third kappa shape index (κ3) is 3.63. The Bertz CT molecular complexity index is 933. The number of imidazole rings is 1. The first-order valence-electron chi connectivity index (χ1n) is 9.70. The lowest BCUT2D eigenvalue weighted by molar-refractivity contribution is -0.131. The van der Waals surface area contributed by atoms with Crippen molar-refractivity contribution in [2.75, 3.05) is 31.1 Å². The van der Waals surface area contributed by atoms with E-state index in [1.807, 2.05) is 16.4 Å². The topological polar surface area (TPSA) is 96.2 Å². The van der Waals surface area contributed by atoms with Crippen molar-refractivity contribution >= 4 is 23.0 Å². The minimum atomic E-state index is -0.464. The van der Waals surface area contributed by atoms with E-state index in [9.17, 15) is 14.4 Å². The van der Waals surface area contributed by atoms with Gasteiger partial charge in [-0.15, -0.1) is 0 Å². The quantitative estimate of drug-likeness (QED) is 0.799. The molecule has 3 rings (SSSR count). The number of aromatic amines is 1. The Balaban J connectivity index is 1.96. The summed E-state index contributed by atoms with van der Waals surface area (Å²) in [7, 11) is 1.61. The summed E-state index contributed by atoms with van der Waals surface area (Å²) in [4.78, 5) is 47.5. The van der Waals surface area contributed by atoms with Gasteiger partial charge in [-0.3, -0.25) is 19.1 Å². The largest absolute Gasteiger partial charge is 0.339 e. The Morgan fingerprint density at radius 3 is 2.44 bits per heavy atom. The maximum atomic E-state index is 12.4. The SMILES string of the molecule is CCCCn1c(N2CCN(C(=O)CCC)CC2)nc2c1c(=O)[nH]c(=O)n2C. The Kier molecular flexibility index (Phi) is 5.67. The Hall–Kier alpha value is -2.58. The third-order valence-electron chi connectivity index (χ3n) is 5.10. The number of fused-ring (bicyclic) bond motifs is 1. The van der Waals surface area contributed by atoms with Gasteiger partial charge in [-0.25, -0.2) is 4.79 Å². The number of hydrogen-bond acceptors (Lipinski definition) is 5. The van der Waals surface area contributed by atoms with E-state index in [1.54, 1.807) is 7.05 Å². The van der Waals surface area contributed by atoms with Gasteiger partial charge in [0.2, 0.25) is 11.9 Å². The molecule has 1 N–H and O–H groups in total. The molecule has 3 heterocycles. The maximum absolute atomic E-state index is 12.4. The zero-order valence-electron chi connectivity index (χ0n) is 16.3. The molecular formula is C18H28N6O3. The zero-order valence-corrected chi connectivity index (χ0v) is 16.3. The van der Waals surface area contributed by atoms with Crippen molar-refractivity contribution in [3.63, 3.8) is 0 Å². The number of unbranched alkanes of at least 4 members (excludes halogenated alkanes) is 1. The molecule has 0 unspecified atom stereocenters. The average molecular weight is 376 g/mol. The number of aryl methyl sites for hydroxylation is 2. The summed E-state index contributed by atoms with van der Waals surface area (Å²) < 4.78 is 3.30. The fourth-order valence-corrected chi connectivity index (χ4v) is 3.52. The number of hydrogen-bond donors (Lipinski definition) is 1. The van der Waals surface area contributed by atoms with Gasteiger partial charge in [-0.2, -0.15) is 4.98 Å². The van der Waals surface area contributed by atoms with Crippen LogP contribution in [-0.4, -0.2) is 56.1 Å². The smallest absolute Gasteiger partial charge is 0.329 e. The summed E-state index contributed by atoms with van der Waals surface area (Å²) in [5, 5.41) is 0. The zero-order chi connectivity index (χ0) is 19.6. The van der Waals surface area contributed by atoms with Crippen LogP contribution in [0.5, 0.6) is 0 Å². The van der Waals surface area contributed by atoms with E-state index in [0.717, 1.165) is 19.3 Å². The fourth-order valence-electron chi connectivity index (χ4n) is 3.52. The highest BCUT2D eigenvalue weighted by Crippen LogP contribution is 2.22. The first kappa shape index (κ1) is 19.2. The highest BCUT2D eigenvalue weighted by Gasteiger charge is 2.26. The number of nitrogens with zero attached hydrogens (tertiary/aromatic N) is 5. The van der Waals surface area contributed by atoms with Gasteiger partial charge in [0.05, 0.1) is 0 Å². The second-order valence-corrected chi connectivity index (χ2v) is 7.03. The maximum Gasteiger partial charge on any atom is 0.329 e. The lowest BCUT2D eigenvalue weighted by Crippen LogP contribution is -2.49. The first-order valence-corrected chi connectivity index (χ1v) is 9.70. The second-order valence-electron chi connectivity index (χ2n) is 7.03. The van der Waals surface area contributed by atoms with Crippen LogP contribution in [0.25, 0.3) is 11.2 Å². The minimum absolute atomic E-state index is 0.190. The standard InChI is InChI=1S/C18H28N6O3/c1-4-6-8-24-14-15(21(3)18(27)20-16(14)26)19-17(24)23-11-9-22(10-12-23)13(25)7-5-2/h4-12H2,1-3H3,(H,20,26,27). The van der Waals surface area contributed by atoms with Gasteiger partial charge in [0.15, 0.2) is 11.2 Å². The highest BCUT2D eigenvalue weighted by atomic mass is 16.2. The molecule has 0 aliphatic carbocycles. The normalized spacial score (nSPS) is 14.9. The molecule has 1 saturated heterocycles. The van der Waals surface area contributed by atoms with E-state index in [2.05, 4.69) is 21.8 Å². The van der Waals surface area contributed by atoms with Crippen LogP contribution < -0.4 is 16.1 Å². The van der Waals surface area contributed by atoms with Crippen molar-refractivity contribution in [1.29, 1.82) is 0 Å². The van der Waals surface area contributed by atoms with E-state index >= 15 is 0 Å². The van der Waals surface area contributed by atoms with Gasteiger partial charge >= 0.3 is 5.69 Å². The molecule has 0 saturated carbocycles. The van der Waals surface area contributed by atoms with E-state index in [-0.39, 0.29) is 5.91 Å². The predicted molar refractivity (Wildman–Crippen MR) is 104 cm³/mol. The summed E-state index contributed by atoms with van der Waals surface area (Å²) in [6.07, 6.45) is 3.33. The summed E-state index contributed by atoms with van der Waals surface area (Å²) >= 11 is 0. The number of nitrogens with one attached hydrogen (secondary N) is 1. The predicted octanol–water partition coefficient (Wildman–Crippen LogP) is 0.672. The number of carbonyl (C=O) groups is 1. The van der Waals surface area contributed by atoms with Crippen LogP contribution in [0.4, 0.5) is 5.95 Å². The third-order valence-corrected chi connectivity index (χ3v) is 5.10. The van der Waals surface area contributed by atoms with Crippen molar-refractivity contribution in [1.82, 2.24) is 24.0 Å². The van der Waals surface area contributed by atoms with Crippen molar-refractivity contribution in [2.24, 2.45) is 7.05 Å². The van der Waals surface area contributed by atoms with Crippen LogP contribution in [-0.2, 0) is 18.4 Å². The number of carbonyl (C=O) groups excluding carboxylic acids is 1. The summed E-state index contributed by atoms with van der Waals surface area (Å²) in [5.74, 6) is 0.892. The summed E-state index contributed by atoms with van der Waals surface area (Å²) in [6, 6.07) is 0. The highest BCUT2D eigenvalue weighted by molar-refractivity contribution is 5.77. The molecule has 27 heavy (non-hydrogen) atoms. The van der Waals surface area contributed by atoms with Crippen LogP contribution in [0.1, 0.15) is 39.5 Å². The Morgan fingerprint density at radius 2 is 1.81 bits per heavy atom. The number of anilines is 1. The molecule has 1 aliphatic heterocycles. The van der Waals surface area contributed by atoms with Gasteiger partial charge in [0, 0.05) is 46.2 Å². The van der Waals surface area contributed by atoms with Crippen LogP contribution in [0.15, 0.2) is 9.59 Å². The van der Waals surface area contributed by atoms with Crippen LogP contribution in [0.3, 0.4) is 0 Å². The number of piperazine rings is 1. The van der Waals surface area contributed by atoms with E-state index in [1.165, 1.54) is 4.57 Å². The first-order chi connectivity index (χ1) is 13.0. The number of aromatic nitrogens is 4. The van der Waals surface area contributed by atoms with Gasteiger partial charge in [-0.05, 0) is 12.8 Å². The molecule has 9 nitrogen and oxygen atoms in total. The van der Waals surface area contributed by atoms with Crippen LogP contribution in [0.2, 0.25) is 0 Å². The van der Waals surface area contributed by atoms with Crippen LogP contribution >= 0.6 is 0 Å². The summed E-state index contributed by atoms with van der Waals surface area (Å²) in [5.41, 5.74) is -0.0294. The molecule has 1 amide bonds. The molecule has 1 aliphatic rings. The van der Waals surface area contributed by atoms with Crippen molar-refractivity contribution < 1.29 is 4.79 Å². The van der Waals surface area contributed by atoms with Gasteiger partial charge in [-0.1, -0.05) is 20.3 Å². The van der Waals surface area contributed by atoms with Gasteiger partial charge in [0.1, 0.15) is 0 Å². The van der Waals surface area contributed by atoms with Gasteiger partial charge in [0.25, 0.3) is 5.56 Å². The van der Waals surface area contributed by atoms with Crippen molar-refractivity contribution in [3.8, 4) is 0 Å². The summed E-state index contributed by atoms with van der Waals surface area (Å²) in [6.45, 7) is 7.38. The molecule has 0 aromatic carbocycles. The van der Waals surface area contributed by atoms with E-state index in [0.29, 0.717) is 56.3 Å². The molecule has 148 valence electrons. The second kappa shape index (κ2) is 7.98. The molecule has 1 fully saturated rings. The molecular weight excluding hydrogens is 348 g/mol. The van der Waals surface area contributed by atoms with E-state index in [4.69, 9.17) is 0 Å². The Labute approximate surface area is 157 Å². The van der Waals surface area contributed by atoms with Crippen molar-refractivity contribution in [3.05, 3.63) is 20.8 Å². The molecule has 0 radical (unpaired) electrons.